The van der Waals surface area contributed by atoms with Gasteiger partial charge in [-0.15, -0.1) is 0 Å². The number of unbranched alkanes of at least 4 members (excludes halogenated alkanes) is 1. The molecule has 1 aliphatic heterocycles. The molecule has 0 aromatic heterocycles. The zero-order chi connectivity index (χ0) is 23.8. The predicted octanol–water partition coefficient (Wildman–Crippen LogP) is 3.83. The van der Waals surface area contributed by atoms with Crippen LogP contribution in [0.15, 0.2) is 48.5 Å². The molecule has 174 valence electrons. The molecule has 2 amide bonds. The van der Waals surface area contributed by atoms with Gasteiger partial charge >= 0.3 is 11.9 Å². The van der Waals surface area contributed by atoms with Crippen molar-refractivity contribution in [3.05, 3.63) is 59.1 Å². The summed E-state index contributed by atoms with van der Waals surface area (Å²) < 4.78 is 10.2. The first-order valence-electron chi connectivity index (χ1n) is 10.7. The summed E-state index contributed by atoms with van der Waals surface area (Å²) in [6, 6.07) is 13.0. The molecule has 2 aromatic carbocycles. The lowest BCUT2D eigenvalue weighted by atomic mass is 10.1. The van der Waals surface area contributed by atoms with Gasteiger partial charge in [-0.1, -0.05) is 24.9 Å². The van der Waals surface area contributed by atoms with Crippen LogP contribution in [0, 0.1) is 5.92 Å². The van der Waals surface area contributed by atoms with Gasteiger partial charge in [-0.2, -0.15) is 0 Å². The molecule has 0 spiro atoms. The molecule has 8 nitrogen and oxygen atoms in total. The summed E-state index contributed by atoms with van der Waals surface area (Å²) in [5.41, 5.74) is 1.48. The van der Waals surface area contributed by atoms with Crippen molar-refractivity contribution in [3.8, 4) is 0 Å². The number of hydrogen-bond donors (Lipinski definition) is 1. The van der Waals surface area contributed by atoms with Crippen LogP contribution in [0.5, 0.6) is 0 Å². The van der Waals surface area contributed by atoms with Crippen LogP contribution >= 0.6 is 11.6 Å². The van der Waals surface area contributed by atoms with E-state index in [0.29, 0.717) is 28.6 Å². The van der Waals surface area contributed by atoms with E-state index in [9.17, 15) is 19.2 Å². The SMILES string of the molecule is CCCCOC(=O)c1ccc(NC(=O)COC(=O)[C@@H]2CC(=O)N(c3ccc(Cl)cc3)C2)cc1. The van der Waals surface area contributed by atoms with Gasteiger partial charge < -0.3 is 19.7 Å². The summed E-state index contributed by atoms with van der Waals surface area (Å²) in [4.78, 5) is 50.2. The van der Waals surface area contributed by atoms with Gasteiger partial charge in [0.25, 0.3) is 5.91 Å². The number of hydrogen-bond acceptors (Lipinski definition) is 6. The molecule has 0 unspecified atom stereocenters. The summed E-state index contributed by atoms with van der Waals surface area (Å²) in [5, 5.41) is 3.15. The van der Waals surface area contributed by atoms with E-state index in [1.165, 1.54) is 4.90 Å². The third-order valence-corrected chi connectivity index (χ3v) is 5.33. The number of carbonyl (C=O) groups is 4. The third kappa shape index (κ3) is 6.79. The van der Waals surface area contributed by atoms with E-state index in [1.54, 1.807) is 48.5 Å². The smallest absolute Gasteiger partial charge is 0.338 e. The molecule has 1 aliphatic rings. The molecular formula is C24H25ClN2O6. The van der Waals surface area contributed by atoms with Crippen LogP contribution in [0.4, 0.5) is 11.4 Å². The highest BCUT2D eigenvalue weighted by Crippen LogP contribution is 2.27. The Morgan fingerprint density at radius 2 is 1.76 bits per heavy atom. The van der Waals surface area contributed by atoms with Crippen LogP contribution in [0.3, 0.4) is 0 Å². The molecule has 1 fully saturated rings. The van der Waals surface area contributed by atoms with E-state index >= 15 is 0 Å². The Labute approximate surface area is 196 Å². The number of carbonyl (C=O) groups excluding carboxylic acids is 4. The quantitative estimate of drug-likeness (QED) is 0.439. The number of ether oxygens (including phenoxy) is 2. The second-order valence-electron chi connectivity index (χ2n) is 7.60. The van der Waals surface area contributed by atoms with Gasteiger partial charge in [-0.25, -0.2) is 4.79 Å². The summed E-state index contributed by atoms with van der Waals surface area (Å²) in [6.45, 7) is 2.07. The van der Waals surface area contributed by atoms with Gasteiger partial charge in [0, 0.05) is 29.4 Å². The van der Waals surface area contributed by atoms with Gasteiger partial charge in [-0.3, -0.25) is 14.4 Å². The van der Waals surface area contributed by atoms with E-state index in [2.05, 4.69) is 5.32 Å². The minimum atomic E-state index is -0.654. The van der Waals surface area contributed by atoms with Crippen molar-refractivity contribution in [3.63, 3.8) is 0 Å². The van der Waals surface area contributed by atoms with Crippen LogP contribution in [0.1, 0.15) is 36.5 Å². The molecular weight excluding hydrogens is 448 g/mol. The Bertz CT molecular complexity index is 1010. The average Bonchev–Trinajstić information content (AvgIpc) is 3.20. The minimum Gasteiger partial charge on any atom is -0.462 e. The topological polar surface area (TPSA) is 102 Å². The number of rotatable bonds is 9. The zero-order valence-corrected chi connectivity index (χ0v) is 19.0. The largest absolute Gasteiger partial charge is 0.462 e. The van der Waals surface area contributed by atoms with Gasteiger partial charge in [0.15, 0.2) is 6.61 Å². The number of benzene rings is 2. The van der Waals surface area contributed by atoms with Crippen molar-refractivity contribution in [1.29, 1.82) is 0 Å². The Morgan fingerprint density at radius 3 is 2.42 bits per heavy atom. The molecule has 1 heterocycles. The normalized spacial score (nSPS) is 15.3. The van der Waals surface area contributed by atoms with Crippen LogP contribution < -0.4 is 10.2 Å². The number of anilines is 2. The van der Waals surface area contributed by atoms with Crippen LogP contribution in [-0.2, 0) is 23.9 Å². The Kier molecular flexibility index (Phi) is 8.43. The number of nitrogens with zero attached hydrogens (tertiary/aromatic N) is 1. The second kappa shape index (κ2) is 11.5. The standard InChI is InChI=1S/C24H25ClN2O6/c1-2-3-12-32-23(30)16-4-8-19(9-5-16)26-21(28)15-33-24(31)17-13-22(29)27(14-17)20-10-6-18(25)7-11-20/h4-11,17H,2-3,12-15H2,1H3,(H,26,28)/t17-/m1/s1. The lowest BCUT2D eigenvalue weighted by Crippen LogP contribution is -2.28. The lowest BCUT2D eigenvalue weighted by Gasteiger charge is -2.16. The summed E-state index contributed by atoms with van der Waals surface area (Å²) >= 11 is 5.87. The summed E-state index contributed by atoms with van der Waals surface area (Å²) in [6.07, 6.45) is 1.74. The van der Waals surface area contributed by atoms with Gasteiger partial charge in [0.05, 0.1) is 18.1 Å². The highest BCUT2D eigenvalue weighted by atomic mass is 35.5. The highest BCUT2D eigenvalue weighted by molar-refractivity contribution is 6.30. The number of nitrogens with one attached hydrogen (secondary N) is 1. The molecule has 33 heavy (non-hydrogen) atoms. The first-order chi connectivity index (χ1) is 15.9. The average molecular weight is 473 g/mol. The van der Waals surface area contributed by atoms with E-state index < -0.39 is 30.4 Å². The molecule has 0 radical (unpaired) electrons. The highest BCUT2D eigenvalue weighted by Gasteiger charge is 2.36. The van der Waals surface area contributed by atoms with Crippen molar-refractivity contribution in [1.82, 2.24) is 0 Å². The number of amides is 2. The maximum Gasteiger partial charge on any atom is 0.338 e. The molecule has 1 saturated heterocycles. The Morgan fingerprint density at radius 1 is 1.06 bits per heavy atom. The molecule has 0 bridgehead atoms. The van der Waals surface area contributed by atoms with Gasteiger partial charge in [0.2, 0.25) is 5.91 Å². The molecule has 0 aliphatic carbocycles. The van der Waals surface area contributed by atoms with Crippen LogP contribution in [0.2, 0.25) is 5.02 Å². The van der Waals surface area contributed by atoms with Crippen molar-refractivity contribution in [2.45, 2.75) is 26.2 Å². The van der Waals surface area contributed by atoms with Gasteiger partial charge in [0.1, 0.15) is 0 Å². The van der Waals surface area contributed by atoms with E-state index in [0.717, 1.165) is 12.8 Å². The molecule has 9 heteroatoms. The minimum absolute atomic E-state index is 0.0128. The number of esters is 2. The predicted molar refractivity (Wildman–Crippen MR) is 123 cm³/mol. The van der Waals surface area contributed by atoms with Crippen molar-refractivity contribution in [2.75, 3.05) is 30.0 Å². The molecule has 1 atom stereocenters. The molecule has 2 aromatic rings. The van der Waals surface area contributed by atoms with Crippen molar-refractivity contribution >= 4 is 46.7 Å². The second-order valence-corrected chi connectivity index (χ2v) is 8.04. The maximum atomic E-state index is 12.4. The number of halogens is 1. The fraction of sp³-hybridized carbons (Fsp3) is 0.333. The van der Waals surface area contributed by atoms with Crippen LogP contribution in [0.25, 0.3) is 0 Å². The van der Waals surface area contributed by atoms with Gasteiger partial charge in [-0.05, 0) is 55.0 Å². The summed E-state index contributed by atoms with van der Waals surface area (Å²) in [7, 11) is 0. The third-order valence-electron chi connectivity index (χ3n) is 5.08. The monoisotopic (exact) mass is 472 g/mol. The van der Waals surface area contributed by atoms with E-state index in [-0.39, 0.29) is 18.9 Å². The molecule has 0 saturated carbocycles. The Hall–Kier alpha value is -3.39. The fourth-order valence-corrected chi connectivity index (χ4v) is 3.40. The summed E-state index contributed by atoms with van der Waals surface area (Å²) in [5.74, 6) is -2.41. The first kappa shape index (κ1) is 24.3. The fourth-order valence-electron chi connectivity index (χ4n) is 3.27. The lowest BCUT2D eigenvalue weighted by molar-refractivity contribution is -0.151. The first-order valence-corrected chi connectivity index (χ1v) is 11.0. The zero-order valence-electron chi connectivity index (χ0n) is 18.2. The van der Waals surface area contributed by atoms with Crippen molar-refractivity contribution < 1.29 is 28.7 Å². The molecule has 3 rings (SSSR count). The van der Waals surface area contributed by atoms with E-state index in [1.807, 2.05) is 6.92 Å². The van der Waals surface area contributed by atoms with Crippen LogP contribution in [-0.4, -0.2) is 43.5 Å². The maximum absolute atomic E-state index is 12.4. The molecule has 1 N–H and O–H groups in total. The Balaban J connectivity index is 1.45. The van der Waals surface area contributed by atoms with E-state index in [4.69, 9.17) is 21.1 Å². The van der Waals surface area contributed by atoms with Crippen molar-refractivity contribution in [2.24, 2.45) is 5.92 Å².